The Labute approximate surface area is 128 Å². The molecule has 1 amide bonds. The molecular weight excluding hydrogens is 282 g/mol. The van der Waals surface area contributed by atoms with Crippen molar-refractivity contribution in [3.05, 3.63) is 45.9 Å². The topological polar surface area (TPSA) is 46.1 Å². The number of rotatable bonds is 3. The molecule has 1 aliphatic heterocycles. The molecule has 2 aromatic rings. The third-order valence-corrected chi connectivity index (χ3v) is 4.80. The lowest BCUT2D eigenvalue weighted by molar-refractivity contribution is -0.131. The summed E-state index contributed by atoms with van der Waals surface area (Å²) in [5, 5.41) is 10.0. The van der Waals surface area contributed by atoms with Gasteiger partial charge in [0.1, 0.15) is 10.0 Å². The maximum absolute atomic E-state index is 12.3. The van der Waals surface area contributed by atoms with Crippen molar-refractivity contribution in [2.75, 3.05) is 6.54 Å². The lowest BCUT2D eigenvalue weighted by Gasteiger charge is -2.19. The number of aromatic nitrogens is 2. The smallest absolute Gasteiger partial charge is 0.222 e. The summed E-state index contributed by atoms with van der Waals surface area (Å²) in [6.07, 6.45) is 2.58. The molecular formula is C16H19N3OS. The summed E-state index contributed by atoms with van der Waals surface area (Å²) in [5.74, 6) is 0.720. The predicted octanol–water partition coefficient (Wildman–Crippen LogP) is 3.14. The first-order chi connectivity index (χ1) is 10.2. The van der Waals surface area contributed by atoms with Gasteiger partial charge >= 0.3 is 0 Å². The van der Waals surface area contributed by atoms with Crippen LogP contribution in [0.5, 0.6) is 0 Å². The number of benzene rings is 1. The minimum absolute atomic E-state index is 0.237. The molecule has 0 N–H and O–H groups in total. The third kappa shape index (κ3) is 3.47. The van der Waals surface area contributed by atoms with E-state index in [9.17, 15) is 4.79 Å². The van der Waals surface area contributed by atoms with E-state index in [-0.39, 0.29) is 5.91 Å². The molecule has 0 saturated carbocycles. The van der Waals surface area contributed by atoms with E-state index in [0.29, 0.717) is 18.9 Å². The van der Waals surface area contributed by atoms with E-state index in [0.717, 1.165) is 29.4 Å². The van der Waals surface area contributed by atoms with Crippen LogP contribution in [0, 0.1) is 6.92 Å². The highest BCUT2D eigenvalue weighted by Crippen LogP contribution is 2.29. The van der Waals surface area contributed by atoms with Gasteiger partial charge in [-0.05, 0) is 31.2 Å². The van der Waals surface area contributed by atoms with Crippen molar-refractivity contribution in [3.8, 4) is 0 Å². The van der Waals surface area contributed by atoms with Crippen molar-refractivity contribution < 1.29 is 4.79 Å². The van der Waals surface area contributed by atoms with Crippen molar-refractivity contribution in [1.82, 2.24) is 15.1 Å². The largest absolute Gasteiger partial charge is 0.336 e. The number of aryl methyl sites for hydroxylation is 1. The average molecular weight is 301 g/mol. The maximum Gasteiger partial charge on any atom is 0.222 e. The highest BCUT2D eigenvalue weighted by Gasteiger charge is 2.24. The quantitative estimate of drug-likeness (QED) is 0.875. The van der Waals surface area contributed by atoms with Gasteiger partial charge in [-0.3, -0.25) is 4.79 Å². The Bertz CT molecular complexity index is 611. The van der Waals surface area contributed by atoms with Crippen molar-refractivity contribution in [2.24, 2.45) is 0 Å². The second-order valence-corrected chi connectivity index (χ2v) is 6.73. The highest BCUT2D eigenvalue weighted by molar-refractivity contribution is 7.11. The molecule has 1 saturated heterocycles. The van der Waals surface area contributed by atoms with Gasteiger partial charge in [-0.15, -0.1) is 10.2 Å². The summed E-state index contributed by atoms with van der Waals surface area (Å²) in [6.45, 7) is 3.35. The second kappa shape index (κ2) is 6.35. The highest BCUT2D eigenvalue weighted by atomic mass is 32.1. The summed E-state index contributed by atoms with van der Waals surface area (Å²) < 4.78 is 0. The molecule has 1 aliphatic rings. The number of hydrogen-bond acceptors (Lipinski definition) is 4. The van der Waals surface area contributed by atoms with Crippen LogP contribution in [0.2, 0.25) is 0 Å². The lowest BCUT2D eigenvalue weighted by Crippen LogP contribution is -2.29. The molecule has 0 aliphatic carbocycles. The van der Waals surface area contributed by atoms with Crippen LogP contribution in [0.1, 0.15) is 40.8 Å². The van der Waals surface area contributed by atoms with E-state index < -0.39 is 0 Å². The van der Waals surface area contributed by atoms with E-state index in [1.807, 2.05) is 17.9 Å². The fraction of sp³-hybridized carbons (Fsp3) is 0.438. The predicted molar refractivity (Wildman–Crippen MR) is 83.1 cm³/mol. The normalized spacial score (nSPS) is 19.6. The number of hydrogen-bond donors (Lipinski definition) is 0. The van der Waals surface area contributed by atoms with Crippen LogP contribution in [0.25, 0.3) is 0 Å². The van der Waals surface area contributed by atoms with Gasteiger partial charge in [-0.25, -0.2) is 0 Å². The average Bonchev–Trinajstić information content (AvgIpc) is 2.82. The Hall–Kier alpha value is -1.75. The van der Waals surface area contributed by atoms with E-state index >= 15 is 0 Å². The molecule has 1 aromatic heterocycles. The van der Waals surface area contributed by atoms with E-state index in [1.165, 1.54) is 5.56 Å². The molecule has 0 bridgehead atoms. The van der Waals surface area contributed by atoms with Gasteiger partial charge < -0.3 is 4.90 Å². The first-order valence-corrected chi connectivity index (χ1v) is 8.16. The minimum atomic E-state index is 0.237. The first kappa shape index (κ1) is 14.2. The number of amides is 1. The van der Waals surface area contributed by atoms with Gasteiger partial charge in [0.05, 0.1) is 6.54 Å². The number of carbonyl (C=O) groups is 1. The number of carbonyl (C=O) groups excluding carboxylic acids is 1. The molecule has 1 fully saturated rings. The molecule has 4 nitrogen and oxygen atoms in total. The summed E-state index contributed by atoms with van der Waals surface area (Å²) in [5.41, 5.74) is 1.35. The molecule has 1 unspecified atom stereocenters. The zero-order valence-electron chi connectivity index (χ0n) is 12.2. The Morgan fingerprint density at radius 3 is 2.76 bits per heavy atom. The zero-order chi connectivity index (χ0) is 14.7. The van der Waals surface area contributed by atoms with Gasteiger partial charge in [-0.1, -0.05) is 41.7 Å². The Morgan fingerprint density at radius 1 is 1.24 bits per heavy atom. The zero-order valence-corrected chi connectivity index (χ0v) is 13.0. The monoisotopic (exact) mass is 301 g/mol. The molecule has 1 aromatic carbocycles. The fourth-order valence-electron chi connectivity index (χ4n) is 2.83. The van der Waals surface area contributed by atoms with Crippen molar-refractivity contribution in [3.63, 3.8) is 0 Å². The summed E-state index contributed by atoms with van der Waals surface area (Å²) in [4.78, 5) is 14.2. The van der Waals surface area contributed by atoms with Crippen LogP contribution < -0.4 is 0 Å². The molecule has 0 spiro atoms. The van der Waals surface area contributed by atoms with E-state index in [4.69, 9.17) is 0 Å². The molecule has 2 heterocycles. The van der Waals surface area contributed by atoms with Crippen molar-refractivity contribution in [2.45, 2.75) is 38.6 Å². The molecule has 110 valence electrons. The summed E-state index contributed by atoms with van der Waals surface area (Å²) in [6, 6.07) is 10.5. The second-order valence-electron chi connectivity index (χ2n) is 5.47. The van der Waals surface area contributed by atoms with Gasteiger partial charge in [0.25, 0.3) is 0 Å². The molecule has 5 heteroatoms. The first-order valence-electron chi connectivity index (χ1n) is 7.34. The van der Waals surface area contributed by atoms with E-state index in [2.05, 4.69) is 34.5 Å². The number of nitrogens with zero attached hydrogens (tertiary/aromatic N) is 3. The maximum atomic E-state index is 12.3. The van der Waals surface area contributed by atoms with Gasteiger partial charge in [0.15, 0.2) is 0 Å². The number of likely N-dealkylation sites (tertiary alicyclic amines) is 1. The SMILES string of the molecule is Cc1nnc(CN2CCC(c3ccccc3)CCC2=O)s1. The van der Waals surface area contributed by atoms with Gasteiger partial charge in [0.2, 0.25) is 5.91 Å². The Morgan fingerprint density at radius 2 is 2.05 bits per heavy atom. The van der Waals surface area contributed by atoms with Crippen LogP contribution >= 0.6 is 11.3 Å². The van der Waals surface area contributed by atoms with Gasteiger partial charge in [-0.2, -0.15) is 0 Å². The van der Waals surface area contributed by atoms with Gasteiger partial charge in [0, 0.05) is 13.0 Å². The standard InChI is InChI=1S/C16H19N3OS/c1-12-17-18-15(21-12)11-19-10-9-14(7-8-16(19)20)13-5-3-2-4-6-13/h2-6,14H,7-11H2,1H3. The Balaban J connectivity index is 1.67. The van der Waals surface area contributed by atoms with Crippen LogP contribution in [0.4, 0.5) is 0 Å². The van der Waals surface area contributed by atoms with Crippen molar-refractivity contribution >= 4 is 17.2 Å². The summed E-state index contributed by atoms with van der Waals surface area (Å²) in [7, 11) is 0. The third-order valence-electron chi connectivity index (χ3n) is 3.97. The van der Waals surface area contributed by atoms with Crippen molar-refractivity contribution in [1.29, 1.82) is 0 Å². The van der Waals surface area contributed by atoms with E-state index in [1.54, 1.807) is 11.3 Å². The molecule has 21 heavy (non-hydrogen) atoms. The molecule has 0 radical (unpaired) electrons. The lowest BCUT2D eigenvalue weighted by atomic mass is 9.92. The van der Waals surface area contributed by atoms with Crippen LogP contribution in [0.3, 0.4) is 0 Å². The molecule has 3 rings (SSSR count). The Kier molecular flexibility index (Phi) is 4.29. The van der Waals surface area contributed by atoms with Crippen LogP contribution in [-0.4, -0.2) is 27.5 Å². The van der Waals surface area contributed by atoms with Crippen LogP contribution in [-0.2, 0) is 11.3 Å². The summed E-state index contributed by atoms with van der Waals surface area (Å²) >= 11 is 1.57. The molecule has 1 atom stereocenters. The minimum Gasteiger partial charge on any atom is -0.336 e. The fourth-order valence-corrected chi connectivity index (χ4v) is 3.55. The van der Waals surface area contributed by atoms with Crippen LogP contribution in [0.15, 0.2) is 30.3 Å².